The first-order chi connectivity index (χ1) is 25.8. The van der Waals surface area contributed by atoms with Gasteiger partial charge in [-0.25, -0.2) is 4.39 Å². The van der Waals surface area contributed by atoms with Crippen LogP contribution in [0.5, 0.6) is 5.75 Å². The van der Waals surface area contributed by atoms with Gasteiger partial charge in [0.05, 0.1) is 39.1 Å². The Morgan fingerprint density at radius 3 is 1.91 bits per heavy atom. The standard InChI is InChI=1S/C44H44ClFO7/c1-3-48-39-22-19-34(24-38(39)46)23-35-25-36(20-21-37(35)45)44-42(51-28-33-17-11-6-12-18-33)40(49-26-31-13-7-4-8-14-31)41(43(53-44,29-52-44)30(2)47)50-27-32-15-9-5-10-16-32/h4-22,24-25,30,40-42,47H,3,23,26-29H2,1-2H3/t30-,40-,41-,42+,43+,44-/m0/s1. The second-order valence-electron chi connectivity index (χ2n) is 13.6. The molecule has 53 heavy (non-hydrogen) atoms. The maximum Gasteiger partial charge on any atom is 0.225 e. The molecule has 6 atom stereocenters. The monoisotopic (exact) mass is 738 g/mol. The fourth-order valence-corrected chi connectivity index (χ4v) is 7.41. The largest absolute Gasteiger partial charge is 0.491 e. The number of benzene rings is 5. The van der Waals surface area contributed by atoms with Crippen LogP contribution in [-0.4, -0.2) is 48.3 Å². The van der Waals surface area contributed by atoms with Gasteiger partial charge in [0.1, 0.15) is 23.9 Å². The van der Waals surface area contributed by atoms with Crippen LogP contribution in [0, 0.1) is 5.82 Å². The summed E-state index contributed by atoms with van der Waals surface area (Å²) in [4.78, 5) is 0. The summed E-state index contributed by atoms with van der Waals surface area (Å²) in [6.45, 7) is 4.59. The summed E-state index contributed by atoms with van der Waals surface area (Å²) in [5, 5.41) is 12.1. The molecule has 7 rings (SSSR count). The van der Waals surface area contributed by atoms with Crippen molar-refractivity contribution in [1.29, 1.82) is 0 Å². The quantitative estimate of drug-likeness (QED) is 0.115. The summed E-state index contributed by atoms with van der Waals surface area (Å²) in [6.07, 6.45) is -3.14. The molecule has 1 N–H and O–H groups in total. The molecule has 2 bridgehead atoms. The molecule has 2 aliphatic rings. The molecule has 0 radical (unpaired) electrons. The molecule has 7 nitrogen and oxygen atoms in total. The summed E-state index contributed by atoms with van der Waals surface area (Å²) in [6, 6.07) is 40.0. The summed E-state index contributed by atoms with van der Waals surface area (Å²) in [5.41, 5.74) is 3.61. The van der Waals surface area contributed by atoms with Crippen molar-refractivity contribution < 1.29 is 37.9 Å². The Morgan fingerprint density at radius 2 is 1.34 bits per heavy atom. The Balaban J connectivity index is 1.31. The molecule has 0 unspecified atom stereocenters. The second-order valence-corrected chi connectivity index (χ2v) is 14.0. The molecule has 2 fully saturated rings. The molecule has 0 spiro atoms. The van der Waals surface area contributed by atoms with E-state index in [1.807, 2.05) is 116 Å². The molecule has 276 valence electrons. The third-order valence-corrected chi connectivity index (χ3v) is 10.4. The fraction of sp³-hybridized carbons (Fsp3) is 0.318. The van der Waals surface area contributed by atoms with Crippen LogP contribution in [0.1, 0.15) is 47.2 Å². The molecule has 2 saturated heterocycles. The van der Waals surface area contributed by atoms with Gasteiger partial charge in [-0.3, -0.25) is 0 Å². The molecule has 2 aliphatic heterocycles. The molecule has 0 aliphatic carbocycles. The van der Waals surface area contributed by atoms with E-state index in [4.69, 9.17) is 40.0 Å². The number of aliphatic hydroxyl groups is 1. The molecular weight excluding hydrogens is 695 g/mol. The second kappa shape index (κ2) is 16.5. The molecular formula is C44H44ClFO7. The van der Waals surface area contributed by atoms with E-state index in [0.717, 1.165) is 22.3 Å². The maximum atomic E-state index is 14.9. The summed E-state index contributed by atoms with van der Waals surface area (Å²) < 4.78 is 54.7. The lowest BCUT2D eigenvalue weighted by Gasteiger charge is -2.52. The summed E-state index contributed by atoms with van der Waals surface area (Å²) in [7, 11) is 0. The predicted molar refractivity (Wildman–Crippen MR) is 200 cm³/mol. The van der Waals surface area contributed by atoms with Crippen molar-refractivity contribution in [2.45, 2.75) is 75.9 Å². The van der Waals surface area contributed by atoms with Crippen LogP contribution in [0.25, 0.3) is 0 Å². The molecule has 5 aromatic carbocycles. The molecule has 0 aromatic heterocycles. The molecule has 0 saturated carbocycles. The number of ether oxygens (including phenoxy) is 6. The van der Waals surface area contributed by atoms with Gasteiger partial charge >= 0.3 is 0 Å². The van der Waals surface area contributed by atoms with Crippen LogP contribution in [0.15, 0.2) is 127 Å². The minimum Gasteiger partial charge on any atom is -0.491 e. The number of aliphatic hydroxyl groups excluding tert-OH is 1. The van der Waals surface area contributed by atoms with Gasteiger partial charge in [0.2, 0.25) is 5.79 Å². The van der Waals surface area contributed by atoms with Gasteiger partial charge in [-0.15, -0.1) is 0 Å². The van der Waals surface area contributed by atoms with Crippen molar-refractivity contribution in [3.05, 3.63) is 172 Å². The Morgan fingerprint density at radius 1 is 0.755 bits per heavy atom. The molecule has 2 heterocycles. The van der Waals surface area contributed by atoms with E-state index in [-0.39, 0.29) is 32.2 Å². The van der Waals surface area contributed by atoms with Gasteiger partial charge in [-0.05, 0) is 72.4 Å². The van der Waals surface area contributed by atoms with Gasteiger partial charge in [0.25, 0.3) is 0 Å². The lowest BCUT2D eigenvalue weighted by atomic mass is 9.80. The van der Waals surface area contributed by atoms with Crippen LogP contribution >= 0.6 is 11.6 Å². The maximum absolute atomic E-state index is 14.9. The Bertz CT molecular complexity index is 1950. The van der Waals surface area contributed by atoms with Crippen molar-refractivity contribution in [3.63, 3.8) is 0 Å². The number of hydrogen-bond donors (Lipinski definition) is 1. The molecule has 5 aromatic rings. The summed E-state index contributed by atoms with van der Waals surface area (Å²) >= 11 is 6.81. The van der Waals surface area contributed by atoms with E-state index in [0.29, 0.717) is 29.2 Å². The van der Waals surface area contributed by atoms with Crippen molar-refractivity contribution in [3.8, 4) is 5.75 Å². The van der Waals surface area contributed by atoms with Gasteiger partial charge in [0, 0.05) is 10.6 Å². The highest BCUT2D eigenvalue weighted by Gasteiger charge is 2.71. The fourth-order valence-electron chi connectivity index (χ4n) is 7.22. The van der Waals surface area contributed by atoms with E-state index >= 15 is 0 Å². The van der Waals surface area contributed by atoms with E-state index in [2.05, 4.69) is 0 Å². The minimum absolute atomic E-state index is 0.00256. The van der Waals surface area contributed by atoms with E-state index < -0.39 is 41.6 Å². The Kier molecular flexibility index (Phi) is 11.6. The highest BCUT2D eigenvalue weighted by molar-refractivity contribution is 6.31. The van der Waals surface area contributed by atoms with Crippen LogP contribution in [-0.2, 0) is 55.7 Å². The predicted octanol–water partition coefficient (Wildman–Crippen LogP) is 8.56. The van der Waals surface area contributed by atoms with Gasteiger partial charge in [0.15, 0.2) is 11.6 Å². The van der Waals surface area contributed by atoms with E-state index in [1.165, 1.54) is 6.07 Å². The number of hydrogen-bond acceptors (Lipinski definition) is 7. The first-order valence-corrected chi connectivity index (χ1v) is 18.4. The SMILES string of the molecule is CCOc1ccc(Cc2cc([C@]34OC[C@]([C@H](C)O)(O3)[C@@H](OCc3ccccc3)[C@H](OCc3ccccc3)[C@H]4OCc3ccccc3)ccc2Cl)cc1F. The van der Waals surface area contributed by atoms with Crippen LogP contribution in [0.4, 0.5) is 4.39 Å². The first kappa shape index (κ1) is 37.2. The van der Waals surface area contributed by atoms with Crippen LogP contribution < -0.4 is 4.74 Å². The van der Waals surface area contributed by atoms with Crippen molar-refractivity contribution >= 4 is 11.6 Å². The van der Waals surface area contributed by atoms with Crippen LogP contribution in [0.3, 0.4) is 0 Å². The lowest BCUT2D eigenvalue weighted by molar-refractivity contribution is -0.359. The lowest BCUT2D eigenvalue weighted by Crippen LogP contribution is -2.69. The smallest absolute Gasteiger partial charge is 0.225 e. The molecule has 9 heteroatoms. The Hall–Kier alpha value is -4.12. The average Bonchev–Trinajstić information content (AvgIpc) is 3.55. The van der Waals surface area contributed by atoms with E-state index in [1.54, 1.807) is 19.1 Å². The van der Waals surface area contributed by atoms with Crippen molar-refractivity contribution in [1.82, 2.24) is 0 Å². The van der Waals surface area contributed by atoms with Gasteiger partial charge in [-0.1, -0.05) is 115 Å². The van der Waals surface area contributed by atoms with Crippen LogP contribution in [0.2, 0.25) is 5.02 Å². The van der Waals surface area contributed by atoms with Gasteiger partial charge in [-0.2, -0.15) is 0 Å². The highest BCUT2D eigenvalue weighted by Crippen LogP contribution is 2.54. The minimum atomic E-state index is -1.54. The highest BCUT2D eigenvalue weighted by atomic mass is 35.5. The zero-order chi connectivity index (χ0) is 36.8. The van der Waals surface area contributed by atoms with Crippen molar-refractivity contribution in [2.24, 2.45) is 0 Å². The number of fused-ring (bicyclic) bond motifs is 2. The normalized spacial score (nSPS) is 24.2. The third kappa shape index (κ3) is 7.91. The topological polar surface area (TPSA) is 75.6 Å². The zero-order valence-electron chi connectivity index (χ0n) is 29.8. The number of rotatable bonds is 15. The number of halogens is 2. The van der Waals surface area contributed by atoms with Crippen molar-refractivity contribution in [2.75, 3.05) is 13.2 Å². The van der Waals surface area contributed by atoms with Gasteiger partial charge < -0.3 is 33.5 Å². The average molecular weight is 739 g/mol. The first-order valence-electron chi connectivity index (χ1n) is 18.0. The zero-order valence-corrected chi connectivity index (χ0v) is 30.6. The summed E-state index contributed by atoms with van der Waals surface area (Å²) in [5.74, 6) is -1.78. The van der Waals surface area contributed by atoms with E-state index in [9.17, 15) is 9.50 Å². The molecule has 0 amide bonds. The third-order valence-electron chi connectivity index (χ3n) is 9.98. The Labute approximate surface area is 315 Å².